The molecule has 0 radical (unpaired) electrons. The summed E-state index contributed by atoms with van der Waals surface area (Å²) in [6.45, 7) is 8.17. The SMILES string of the molecule is Cc1cn([C@H](C(=O)N2CCC[C@H]2C(=O)N/C(=C/O)c2ccc(-c3cccnc3C)cc2)C(C)C)nn1. The summed E-state index contributed by atoms with van der Waals surface area (Å²) in [4.78, 5) is 32.7. The van der Waals surface area contributed by atoms with Crippen molar-refractivity contribution >= 4 is 17.5 Å². The highest BCUT2D eigenvalue weighted by atomic mass is 16.2. The van der Waals surface area contributed by atoms with E-state index in [0.29, 0.717) is 18.5 Å². The average Bonchev–Trinajstić information content (AvgIpc) is 3.52. The largest absolute Gasteiger partial charge is 0.513 e. The number of hydrogen-bond donors (Lipinski definition) is 2. The minimum atomic E-state index is -0.629. The lowest BCUT2D eigenvalue weighted by Gasteiger charge is -2.30. The Bertz CT molecular complexity index is 1260. The number of pyridine rings is 1. The third kappa shape index (κ3) is 5.15. The molecule has 36 heavy (non-hydrogen) atoms. The van der Waals surface area contributed by atoms with Crippen LogP contribution in [0.3, 0.4) is 0 Å². The van der Waals surface area contributed by atoms with Crippen molar-refractivity contribution in [1.82, 2.24) is 30.2 Å². The van der Waals surface area contributed by atoms with Crippen molar-refractivity contribution in [3.8, 4) is 11.1 Å². The van der Waals surface area contributed by atoms with Crippen LogP contribution in [0.25, 0.3) is 16.8 Å². The number of rotatable bonds is 7. The molecule has 0 unspecified atom stereocenters. The lowest BCUT2D eigenvalue weighted by Crippen LogP contribution is -2.48. The molecule has 0 bridgehead atoms. The van der Waals surface area contributed by atoms with Crippen LogP contribution in [0.5, 0.6) is 0 Å². The average molecular weight is 489 g/mol. The van der Waals surface area contributed by atoms with Crippen LogP contribution >= 0.6 is 0 Å². The molecule has 3 heterocycles. The van der Waals surface area contributed by atoms with E-state index in [4.69, 9.17) is 0 Å². The Balaban J connectivity index is 1.49. The number of nitrogens with zero attached hydrogens (tertiary/aromatic N) is 5. The van der Waals surface area contributed by atoms with Gasteiger partial charge in [-0.05, 0) is 44.2 Å². The lowest BCUT2D eigenvalue weighted by atomic mass is 10.0. The number of carbonyl (C=O) groups is 2. The van der Waals surface area contributed by atoms with Crippen LogP contribution in [-0.4, -0.2) is 54.4 Å². The summed E-state index contributed by atoms with van der Waals surface area (Å²) in [5, 5.41) is 20.9. The summed E-state index contributed by atoms with van der Waals surface area (Å²) in [5.74, 6) is -0.512. The van der Waals surface area contributed by atoms with Gasteiger partial charge in [0.1, 0.15) is 18.3 Å². The molecule has 188 valence electrons. The van der Waals surface area contributed by atoms with Crippen molar-refractivity contribution in [2.75, 3.05) is 6.54 Å². The first-order chi connectivity index (χ1) is 17.3. The second kappa shape index (κ2) is 10.7. The number of aliphatic hydroxyl groups excluding tert-OH is 1. The fraction of sp³-hybridized carbons (Fsp3) is 0.370. The number of aromatic nitrogens is 4. The topological polar surface area (TPSA) is 113 Å². The highest BCUT2D eigenvalue weighted by molar-refractivity contribution is 5.94. The first-order valence-electron chi connectivity index (χ1n) is 12.2. The van der Waals surface area contributed by atoms with E-state index >= 15 is 0 Å². The summed E-state index contributed by atoms with van der Waals surface area (Å²) in [5.41, 5.74) is 4.59. The Morgan fingerprint density at radius 2 is 1.92 bits per heavy atom. The molecule has 2 N–H and O–H groups in total. The van der Waals surface area contributed by atoms with Crippen molar-refractivity contribution < 1.29 is 14.7 Å². The number of aryl methyl sites for hydroxylation is 2. The van der Waals surface area contributed by atoms with E-state index in [1.165, 1.54) is 0 Å². The van der Waals surface area contributed by atoms with E-state index < -0.39 is 12.1 Å². The fourth-order valence-electron chi connectivity index (χ4n) is 4.69. The van der Waals surface area contributed by atoms with E-state index in [1.807, 2.05) is 64.1 Å². The van der Waals surface area contributed by atoms with E-state index in [1.54, 1.807) is 22.0 Å². The van der Waals surface area contributed by atoms with Crippen LogP contribution in [0.2, 0.25) is 0 Å². The molecule has 3 aromatic rings. The van der Waals surface area contributed by atoms with Crippen LogP contribution in [-0.2, 0) is 9.59 Å². The zero-order chi connectivity index (χ0) is 25.8. The van der Waals surface area contributed by atoms with Crippen LogP contribution in [0.4, 0.5) is 0 Å². The predicted octanol–water partition coefficient (Wildman–Crippen LogP) is 3.82. The Kier molecular flexibility index (Phi) is 7.47. The summed E-state index contributed by atoms with van der Waals surface area (Å²) >= 11 is 0. The minimum Gasteiger partial charge on any atom is -0.513 e. The molecule has 4 rings (SSSR count). The first kappa shape index (κ1) is 25.1. The van der Waals surface area contributed by atoms with Gasteiger partial charge in [-0.25, -0.2) is 4.68 Å². The summed E-state index contributed by atoms with van der Waals surface area (Å²) in [7, 11) is 0. The molecular weight excluding hydrogens is 456 g/mol. The van der Waals surface area contributed by atoms with Gasteiger partial charge in [0.15, 0.2) is 0 Å². The number of amides is 2. The third-order valence-electron chi connectivity index (χ3n) is 6.53. The predicted molar refractivity (Wildman–Crippen MR) is 137 cm³/mol. The summed E-state index contributed by atoms with van der Waals surface area (Å²) < 4.78 is 1.58. The Hall–Kier alpha value is -4.01. The zero-order valence-electron chi connectivity index (χ0n) is 21.0. The summed E-state index contributed by atoms with van der Waals surface area (Å²) in [6.07, 6.45) is 5.66. The van der Waals surface area contributed by atoms with Gasteiger partial charge in [-0.15, -0.1) is 5.10 Å². The molecule has 1 aliphatic rings. The number of aliphatic hydroxyl groups is 1. The number of benzene rings is 1. The Morgan fingerprint density at radius 3 is 2.53 bits per heavy atom. The zero-order valence-corrected chi connectivity index (χ0v) is 21.0. The maximum Gasteiger partial charge on any atom is 0.248 e. The van der Waals surface area contributed by atoms with E-state index in [9.17, 15) is 14.7 Å². The van der Waals surface area contributed by atoms with Crippen molar-refractivity contribution in [2.24, 2.45) is 5.92 Å². The second-order valence-corrected chi connectivity index (χ2v) is 9.46. The molecule has 9 nitrogen and oxygen atoms in total. The smallest absolute Gasteiger partial charge is 0.248 e. The highest BCUT2D eigenvalue weighted by Gasteiger charge is 2.39. The molecule has 1 aromatic carbocycles. The molecule has 2 atom stereocenters. The Labute approximate surface area is 210 Å². The molecule has 9 heteroatoms. The maximum atomic E-state index is 13.5. The first-order valence-corrected chi connectivity index (χ1v) is 12.2. The quantitative estimate of drug-likeness (QED) is 0.489. The number of carbonyl (C=O) groups excluding carboxylic acids is 2. The van der Waals surface area contributed by atoms with Crippen molar-refractivity contribution in [2.45, 2.75) is 52.6 Å². The van der Waals surface area contributed by atoms with Gasteiger partial charge in [0, 0.05) is 35.8 Å². The van der Waals surface area contributed by atoms with Gasteiger partial charge in [0.2, 0.25) is 11.8 Å². The monoisotopic (exact) mass is 488 g/mol. The Morgan fingerprint density at radius 1 is 1.17 bits per heavy atom. The highest BCUT2D eigenvalue weighted by Crippen LogP contribution is 2.27. The van der Waals surface area contributed by atoms with E-state index in [-0.39, 0.29) is 23.4 Å². The van der Waals surface area contributed by atoms with Crippen molar-refractivity contribution in [3.63, 3.8) is 0 Å². The normalized spacial score (nSPS) is 16.9. The van der Waals surface area contributed by atoms with Gasteiger partial charge in [0.25, 0.3) is 0 Å². The fourth-order valence-corrected chi connectivity index (χ4v) is 4.69. The molecule has 1 fully saturated rings. The van der Waals surface area contributed by atoms with Crippen molar-refractivity contribution in [1.29, 1.82) is 0 Å². The molecule has 2 aromatic heterocycles. The van der Waals surface area contributed by atoms with Gasteiger partial charge in [0.05, 0.1) is 11.4 Å². The van der Waals surface area contributed by atoms with Crippen LogP contribution in [0.15, 0.2) is 55.1 Å². The molecule has 2 amide bonds. The number of nitrogens with one attached hydrogen (secondary N) is 1. The standard InChI is InChI=1S/C27H32N6O3/c1-17(2)25(33-15-18(3)30-31-33)27(36)32-14-6-8-24(32)26(35)29-23(16-34)21-11-9-20(10-12-21)22-7-5-13-28-19(22)4/h5,7,9-13,15-17,24-25,34H,6,8,14H2,1-4H3,(H,29,35)/b23-16+/t24-,25-/m0/s1. The molecule has 0 saturated carbocycles. The van der Waals surface area contributed by atoms with Gasteiger partial charge in [-0.2, -0.15) is 0 Å². The van der Waals surface area contributed by atoms with Crippen molar-refractivity contribution in [3.05, 3.63) is 72.0 Å². The van der Waals surface area contributed by atoms with Gasteiger partial charge < -0.3 is 15.3 Å². The lowest BCUT2D eigenvalue weighted by molar-refractivity contribution is -0.142. The van der Waals surface area contributed by atoms with Crippen LogP contribution < -0.4 is 5.32 Å². The molecule has 1 saturated heterocycles. The van der Waals surface area contributed by atoms with Crippen LogP contribution in [0.1, 0.15) is 49.7 Å². The van der Waals surface area contributed by atoms with Gasteiger partial charge in [-0.3, -0.25) is 14.6 Å². The van der Waals surface area contributed by atoms with E-state index in [2.05, 4.69) is 20.6 Å². The molecule has 1 aliphatic heterocycles. The van der Waals surface area contributed by atoms with Gasteiger partial charge in [-0.1, -0.05) is 49.4 Å². The summed E-state index contributed by atoms with van der Waals surface area (Å²) in [6, 6.07) is 10.2. The minimum absolute atomic E-state index is 0.0298. The molecular formula is C27H32N6O3. The van der Waals surface area contributed by atoms with E-state index in [0.717, 1.165) is 35.2 Å². The van der Waals surface area contributed by atoms with Crippen LogP contribution in [0, 0.1) is 19.8 Å². The molecule has 0 aliphatic carbocycles. The number of likely N-dealkylation sites (tertiary alicyclic amines) is 1. The molecule has 0 spiro atoms. The number of hydrogen-bond acceptors (Lipinski definition) is 6. The third-order valence-corrected chi connectivity index (χ3v) is 6.53. The van der Waals surface area contributed by atoms with Gasteiger partial charge >= 0.3 is 0 Å². The second-order valence-electron chi connectivity index (χ2n) is 9.46. The maximum absolute atomic E-state index is 13.5.